The normalized spacial score (nSPS) is 19.9. The smallest absolute Gasteiger partial charge is 0.219 e. The van der Waals surface area contributed by atoms with Crippen LogP contribution in [0.3, 0.4) is 0 Å². The zero-order valence-electron chi connectivity index (χ0n) is 22.2. The summed E-state index contributed by atoms with van der Waals surface area (Å²) in [5.41, 5.74) is 7.44. The number of aromatic nitrogens is 6. The van der Waals surface area contributed by atoms with Gasteiger partial charge in [-0.25, -0.2) is 4.68 Å². The van der Waals surface area contributed by atoms with E-state index in [1.807, 2.05) is 17.9 Å². The number of rotatable bonds is 3. The van der Waals surface area contributed by atoms with Gasteiger partial charge in [-0.3, -0.25) is 14.7 Å². The Bertz CT molecular complexity index is 1440. The predicted octanol–water partition coefficient (Wildman–Crippen LogP) is 3.95. The van der Waals surface area contributed by atoms with Crippen molar-refractivity contribution in [1.29, 1.82) is 0 Å². The molecule has 0 spiro atoms. The molecular formula is C28H36N8O. The molecule has 9 heteroatoms. The van der Waals surface area contributed by atoms with E-state index in [9.17, 15) is 0 Å². The standard InChI is InChI=1S/C28H36N8O/c1-19-17-33(3)18-27-22(20(2)36(32-27)14-13-35-11-5-6-12-35)8-10-26-23-15-21(7-9-25(23)30-31-26)24-16-29-34(4)28(24)37-19/h7-10,15-16,19H,5-6,11-14,17-18H2,1-4H3,(H,30,31)/b10-8+. The number of nitrogens with one attached hydrogen (secondary N) is 1. The number of hydrogen-bond donors (Lipinski definition) is 1. The fourth-order valence-electron chi connectivity index (χ4n) is 5.66. The summed E-state index contributed by atoms with van der Waals surface area (Å²) >= 11 is 0. The average molecular weight is 501 g/mol. The molecule has 1 aromatic carbocycles. The van der Waals surface area contributed by atoms with Gasteiger partial charge in [0.2, 0.25) is 5.88 Å². The van der Waals surface area contributed by atoms with Crippen LogP contribution in [0.15, 0.2) is 24.4 Å². The Labute approximate surface area is 217 Å². The van der Waals surface area contributed by atoms with Gasteiger partial charge in [-0.05, 0) is 76.7 Å². The number of fused-ring (bicyclic) bond motifs is 4. The first-order chi connectivity index (χ1) is 18.0. The summed E-state index contributed by atoms with van der Waals surface area (Å²) < 4.78 is 10.5. The van der Waals surface area contributed by atoms with Crippen LogP contribution in [-0.4, -0.2) is 78.9 Å². The number of aromatic amines is 1. The lowest BCUT2D eigenvalue weighted by atomic mass is 10.0. The van der Waals surface area contributed by atoms with Crippen LogP contribution in [0.25, 0.3) is 34.2 Å². The third kappa shape index (κ3) is 4.69. The molecule has 0 saturated carbocycles. The number of likely N-dealkylation sites (N-methyl/N-ethyl adjacent to an activating group) is 1. The molecule has 2 aliphatic rings. The summed E-state index contributed by atoms with van der Waals surface area (Å²) in [5, 5.41) is 18.4. The highest BCUT2D eigenvalue weighted by Crippen LogP contribution is 2.33. The number of nitrogens with zero attached hydrogens (tertiary/aromatic N) is 7. The number of aryl methyl sites for hydroxylation is 1. The summed E-state index contributed by atoms with van der Waals surface area (Å²) in [6.07, 6.45) is 8.82. The summed E-state index contributed by atoms with van der Waals surface area (Å²) in [5.74, 6) is 0.776. The molecule has 3 aromatic heterocycles. The van der Waals surface area contributed by atoms with Crippen molar-refractivity contribution in [3.63, 3.8) is 0 Å². The molecule has 4 aromatic rings. The molecule has 0 radical (unpaired) electrons. The second-order valence-corrected chi connectivity index (χ2v) is 10.5. The maximum atomic E-state index is 6.46. The van der Waals surface area contributed by atoms with E-state index in [4.69, 9.17) is 9.84 Å². The second kappa shape index (κ2) is 9.79. The van der Waals surface area contributed by atoms with Crippen LogP contribution in [0.1, 0.15) is 42.4 Å². The number of H-pyrrole nitrogens is 1. The van der Waals surface area contributed by atoms with Crippen LogP contribution in [0, 0.1) is 6.92 Å². The van der Waals surface area contributed by atoms with E-state index in [1.54, 1.807) is 0 Å². The van der Waals surface area contributed by atoms with Crippen LogP contribution in [-0.2, 0) is 20.1 Å². The Morgan fingerprint density at radius 1 is 1.11 bits per heavy atom. The zero-order chi connectivity index (χ0) is 25.5. The van der Waals surface area contributed by atoms with Gasteiger partial charge in [0.25, 0.3) is 0 Å². The number of likely N-dealkylation sites (tertiary alicyclic amines) is 1. The average Bonchev–Trinajstić information content (AvgIpc) is 3.65. The first kappa shape index (κ1) is 23.9. The van der Waals surface area contributed by atoms with Crippen LogP contribution in [0.4, 0.5) is 0 Å². The minimum atomic E-state index is -0.0187. The number of hydrogen-bond acceptors (Lipinski definition) is 6. The molecule has 1 fully saturated rings. The Kier molecular flexibility index (Phi) is 6.34. The monoisotopic (exact) mass is 500 g/mol. The van der Waals surface area contributed by atoms with Crippen molar-refractivity contribution in [2.24, 2.45) is 7.05 Å². The zero-order valence-corrected chi connectivity index (χ0v) is 22.2. The highest BCUT2D eigenvalue weighted by atomic mass is 16.5. The second-order valence-electron chi connectivity index (χ2n) is 10.5. The molecule has 1 atom stereocenters. The molecule has 2 bridgehead atoms. The highest BCUT2D eigenvalue weighted by Gasteiger charge is 2.21. The van der Waals surface area contributed by atoms with E-state index < -0.39 is 0 Å². The lowest BCUT2D eigenvalue weighted by molar-refractivity contribution is 0.148. The molecule has 6 rings (SSSR count). The van der Waals surface area contributed by atoms with Crippen molar-refractivity contribution in [2.75, 3.05) is 33.2 Å². The van der Waals surface area contributed by atoms with Crippen molar-refractivity contribution in [1.82, 2.24) is 39.6 Å². The summed E-state index contributed by atoms with van der Waals surface area (Å²) in [6, 6.07) is 6.31. The van der Waals surface area contributed by atoms with Crippen molar-refractivity contribution in [2.45, 2.75) is 45.9 Å². The SMILES string of the molecule is Cc1c2c(nn1CCN1CCCC1)CN(C)CC(C)Oc1c(cnn1C)-c1ccc3n[nH]c(c3c1)/C=C/2. The number of ether oxygens (including phenoxy) is 1. The van der Waals surface area contributed by atoms with E-state index in [2.05, 4.69) is 81.0 Å². The Morgan fingerprint density at radius 2 is 1.95 bits per heavy atom. The minimum Gasteiger partial charge on any atom is -0.473 e. The summed E-state index contributed by atoms with van der Waals surface area (Å²) in [6.45, 7) is 10.2. The first-order valence-corrected chi connectivity index (χ1v) is 13.3. The molecule has 1 N–H and O–H groups in total. The van der Waals surface area contributed by atoms with E-state index in [0.717, 1.165) is 65.5 Å². The van der Waals surface area contributed by atoms with Crippen LogP contribution < -0.4 is 4.74 Å². The van der Waals surface area contributed by atoms with Gasteiger partial charge in [-0.15, -0.1) is 0 Å². The third-order valence-corrected chi connectivity index (χ3v) is 7.65. The minimum absolute atomic E-state index is 0.0187. The first-order valence-electron chi connectivity index (χ1n) is 13.3. The van der Waals surface area contributed by atoms with E-state index in [-0.39, 0.29) is 6.10 Å². The molecule has 37 heavy (non-hydrogen) atoms. The molecule has 194 valence electrons. The number of benzene rings is 1. The molecule has 0 aliphatic carbocycles. The lowest BCUT2D eigenvalue weighted by Gasteiger charge is -2.22. The van der Waals surface area contributed by atoms with Gasteiger partial charge < -0.3 is 9.64 Å². The van der Waals surface area contributed by atoms with Gasteiger partial charge in [0, 0.05) is 43.3 Å². The third-order valence-electron chi connectivity index (χ3n) is 7.65. The Morgan fingerprint density at radius 3 is 2.78 bits per heavy atom. The van der Waals surface area contributed by atoms with Crippen molar-refractivity contribution in [3.8, 4) is 17.0 Å². The fraction of sp³-hybridized carbons (Fsp3) is 0.464. The summed E-state index contributed by atoms with van der Waals surface area (Å²) in [4.78, 5) is 4.83. The lowest BCUT2D eigenvalue weighted by Crippen LogP contribution is -2.31. The molecule has 0 amide bonds. The molecule has 9 nitrogen and oxygen atoms in total. The Hall–Kier alpha value is -3.43. The van der Waals surface area contributed by atoms with Crippen LogP contribution in [0.5, 0.6) is 5.88 Å². The van der Waals surface area contributed by atoms with E-state index in [0.29, 0.717) is 0 Å². The highest BCUT2D eigenvalue weighted by molar-refractivity contribution is 5.93. The van der Waals surface area contributed by atoms with Gasteiger partial charge in [0.1, 0.15) is 6.10 Å². The maximum absolute atomic E-state index is 6.46. The topological polar surface area (TPSA) is 80.0 Å². The largest absolute Gasteiger partial charge is 0.473 e. The fourth-order valence-corrected chi connectivity index (χ4v) is 5.66. The summed E-state index contributed by atoms with van der Waals surface area (Å²) in [7, 11) is 4.06. The predicted molar refractivity (Wildman–Crippen MR) is 146 cm³/mol. The molecule has 5 heterocycles. The van der Waals surface area contributed by atoms with Gasteiger partial charge >= 0.3 is 0 Å². The van der Waals surface area contributed by atoms with Crippen LogP contribution >= 0.6 is 0 Å². The quantitative estimate of drug-likeness (QED) is 0.459. The van der Waals surface area contributed by atoms with Gasteiger partial charge in [0.05, 0.1) is 35.2 Å². The molecule has 2 aliphatic heterocycles. The van der Waals surface area contributed by atoms with Crippen molar-refractivity contribution < 1.29 is 4.74 Å². The van der Waals surface area contributed by atoms with E-state index >= 15 is 0 Å². The molecule has 1 saturated heterocycles. The van der Waals surface area contributed by atoms with E-state index in [1.165, 1.54) is 37.2 Å². The maximum Gasteiger partial charge on any atom is 0.219 e. The van der Waals surface area contributed by atoms with Gasteiger partial charge in [-0.2, -0.15) is 15.3 Å². The van der Waals surface area contributed by atoms with Crippen molar-refractivity contribution in [3.05, 3.63) is 47.0 Å². The van der Waals surface area contributed by atoms with Gasteiger partial charge in [-0.1, -0.05) is 6.07 Å². The van der Waals surface area contributed by atoms with Crippen molar-refractivity contribution >= 4 is 23.1 Å². The molecule has 1 unspecified atom stereocenters. The van der Waals surface area contributed by atoms with Crippen LogP contribution in [0.2, 0.25) is 0 Å². The van der Waals surface area contributed by atoms with Gasteiger partial charge in [0.15, 0.2) is 0 Å². The molecular weight excluding hydrogens is 464 g/mol. The Balaban J connectivity index is 1.41.